The van der Waals surface area contributed by atoms with E-state index in [9.17, 15) is 0 Å². The number of ether oxygens (including phenoxy) is 4. The topological polar surface area (TPSA) is 56.3 Å². The molecule has 4 rings (SSSR count). The van der Waals surface area contributed by atoms with Crippen molar-refractivity contribution < 1.29 is 18.9 Å². The summed E-state index contributed by atoms with van der Waals surface area (Å²) >= 11 is 6.52. The fourth-order valence-corrected chi connectivity index (χ4v) is 5.92. The Balaban J connectivity index is 1.37. The zero-order valence-electron chi connectivity index (χ0n) is 23.6. The summed E-state index contributed by atoms with van der Waals surface area (Å²) in [6, 6.07) is 10.5. The maximum atomic E-state index is 6.61. The van der Waals surface area contributed by atoms with Gasteiger partial charge in [0, 0.05) is 76.5 Å². The number of anilines is 2. The van der Waals surface area contributed by atoms with E-state index in [0.29, 0.717) is 28.7 Å². The van der Waals surface area contributed by atoms with Crippen molar-refractivity contribution in [3.05, 3.63) is 41.6 Å². The number of aromatic nitrogens is 1. The highest BCUT2D eigenvalue weighted by Crippen LogP contribution is 2.35. The molecule has 38 heavy (non-hydrogen) atoms. The predicted octanol–water partition coefficient (Wildman–Crippen LogP) is 5.94. The van der Waals surface area contributed by atoms with Gasteiger partial charge in [-0.2, -0.15) is 0 Å². The molecular formula is C30H44ClN3O4. The molecule has 2 aromatic rings. The molecule has 210 valence electrons. The highest BCUT2D eigenvalue weighted by atomic mass is 35.5. The molecule has 7 nitrogen and oxygen atoms in total. The van der Waals surface area contributed by atoms with Crippen molar-refractivity contribution in [1.29, 1.82) is 0 Å². The summed E-state index contributed by atoms with van der Waals surface area (Å²) in [5.41, 5.74) is 2.21. The van der Waals surface area contributed by atoms with E-state index in [2.05, 4.69) is 59.8 Å². The second kappa shape index (κ2) is 13.7. The quantitative estimate of drug-likeness (QED) is 0.306. The lowest BCUT2D eigenvalue weighted by atomic mass is 9.87. The number of pyridine rings is 1. The molecule has 0 aliphatic carbocycles. The van der Waals surface area contributed by atoms with Crippen molar-refractivity contribution in [3.63, 3.8) is 0 Å². The number of hydrogen-bond acceptors (Lipinski definition) is 7. The number of hydrogen-bond donors (Lipinski definition) is 0. The third kappa shape index (κ3) is 7.45. The van der Waals surface area contributed by atoms with E-state index in [4.69, 9.17) is 30.5 Å². The molecule has 0 spiro atoms. The van der Waals surface area contributed by atoms with Gasteiger partial charge in [-0.3, -0.25) is 0 Å². The van der Waals surface area contributed by atoms with Crippen molar-refractivity contribution in [1.82, 2.24) is 4.98 Å². The second-order valence-corrected chi connectivity index (χ2v) is 11.5. The predicted molar refractivity (Wildman–Crippen MR) is 154 cm³/mol. The van der Waals surface area contributed by atoms with Gasteiger partial charge in [-0.05, 0) is 43.0 Å². The summed E-state index contributed by atoms with van der Waals surface area (Å²) in [7, 11) is 3.37. The maximum Gasteiger partial charge on any atom is 0.215 e. The molecular weight excluding hydrogens is 502 g/mol. The zero-order chi connectivity index (χ0) is 27.1. The monoisotopic (exact) mass is 545 g/mol. The fraction of sp³-hybridized carbons (Fsp3) is 0.633. The van der Waals surface area contributed by atoms with Crippen molar-refractivity contribution in [2.45, 2.75) is 52.2 Å². The van der Waals surface area contributed by atoms with Gasteiger partial charge < -0.3 is 28.7 Å². The molecule has 8 heteroatoms. The first kappa shape index (κ1) is 28.8. The van der Waals surface area contributed by atoms with Crippen molar-refractivity contribution in [2.24, 2.45) is 17.8 Å². The molecule has 4 atom stereocenters. The minimum Gasteiger partial charge on any atom is -0.490 e. The van der Waals surface area contributed by atoms with Crippen LogP contribution in [-0.2, 0) is 9.47 Å². The second-order valence-electron chi connectivity index (χ2n) is 11.1. The van der Waals surface area contributed by atoms with Gasteiger partial charge in [-0.1, -0.05) is 32.4 Å². The molecule has 2 aliphatic heterocycles. The normalized spacial score (nSPS) is 23.8. The standard InChI is InChI=1S/C30H44ClN3O4/c1-21(2)15-23-19-33(27-16-30(36-5)32-17-26(27)31)12-11-28(23)38-25-9-7-24(8-10-25)34-18-22(3)29(20-34)37-14-6-13-35-4/h7-10,16-17,21-23,28-29H,6,11-15,18-20H2,1-5H3/t22?,23?,28?,29-/m0/s1. The number of piperidine rings is 1. The van der Waals surface area contributed by atoms with Gasteiger partial charge in [0.15, 0.2) is 0 Å². The van der Waals surface area contributed by atoms with Crippen molar-refractivity contribution in [2.75, 3.05) is 63.4 Å². The third-order valence-electron chi connectivity index (χ3n) is 7.66. The maximum absolute atomic E-state index is 6.61. The first-order chi connectivity index (χ1) is 18.4. The van der Waals surface area contributed by atoms with Crippen LogP contribution in [0, 0.1) is 17.8 Å². The van der Waals surface area contributed by atoms with E-state index < -0.39 is 0 Å². The van der Waals surface area contributed by atoms with E-state index >= 15 is 0 Å². The molecule has 0 N–H and O–H groups in total. The fourth-order valence-electron chi connectivity index (χ4n) is 5.69. The minimum atomic E-state index is 0.165. The van der Waals surface area contributed by atoms with Crippen LogP contribution in [0.2, 0.25) is 5.02 Å². The molecule has 2 aliphatic rings. The lowest BCUT2D eigenvalue weighted by Crippen LogP contribution is -2.46. The van der Waals surface area contributed by atoms with Gasteiger partial charge in [0.25, 0.3) is 0 Å². The van der Waals surface area contributed by atoms with Gasteiger partial charge in [0.05, 0.1) is 30.1 Å². The van der Waals surface area contributed by atoms with E-state index in [1.165, 1.54) is 5.69 Å². The Morgan fingerprint density at radius 2 is 1.82 bits per heavy atom. The Hall–Kier alpha value is -2.22. The molecule has 0 radical (unpaired) electrons. The Kier molecular flexibility index (Phi) is 10.4. The average molecular weight is 546 g/mol. The van der Waals surface area contributed by atoms with Gasteiger partial charge in [-0.25, -0.2) is 4.98 Å². The molecule has 3 unspecified atom stereocenters. The van der Waals surface area contributed by atoms with Gasteiger partial charge in [-0.15, -0.1) is 0 Å². The number of methoxy groups -OCH3 is 2. The molecule has 3 heterocycles. The molecule has 0 saturated carbocycles. The van der Waals surface area contributed by atoms with Crippen LogP contribution in [0.4, 0.5) is 11.4 Å². The lowest BCUT2D eigenvalue weighted by molar-refractivity contribution is 0.0310. The molecule has 2 saturated heterocycles. The highest BCUT2D eigenvalue weighted by Gasteiger charge is 2.33. The Bertz CT molecular complexity index is 1010. The van der Waals surface area contributed by atoms with Gasteiger partial charge >= 0.3 is 0 Å². The smallest absolute Gasteiger partial charge is 0.215 e. The van der Waals surface area contributed by atoms with Crippen LogP contribution < -0.4 is 19.3 Å². The molecule has 0 amide bonds. The minimum absolute atomic E-state index is 0.165. The Morgan fingerprint density at radius 1 is 1.03 bits per heavy atom. The largest absolute Gasteiger partial charge is 0.490 e. The number of nitrogens with zero attached hydrogens (tertiary/aromatic N) is 3. The lowest BCUT2D eigenvalue weighted by Gasteiger charge is -2.40. The van der Waals surface area contributed by atoms with E-state index in [1.807, 2.05) is 6.07 Å². The summed E-state index contributed by atoms with van der Waals surface area (Å²) in [6.45, 7) is 12.0. The van der Waals surface area contributed by atoms with E-state index in [1.54, 1.807) is 20.4 Å². The number of halogens is 1. The number of benzene rings is 1. The van der Waals surface area contributed by atoms with Gasteiger partial charge in [0.2, 0.25) is 5.88 Å². The molecule has 0 bridgehead atoms. The van der Waals surface area contributed by atoms with Crippen molar-refractivity contribution >= 4 is 23.0 Å². The molecule has 1 aromatic heterocycles. The van der Waals surface area contributed by atoms with Crippen LogP contribution in [0.5, 0.6) is 11.6 Å². The summed E-state index contributed by atoms with van der Waals surface area (Å²) in [6.07, 6.45) is 5.07. The van der Waals surface area contributed by atoms with Crippen LogP contribution in [-0.4, -0.2) is 70.8 Å². The van der Waals surface area contributed by atoms with Crippen molar-refractivity contribution in [3.8, 4) is 11.6 Å². The average Bonchev–Trinajstić information content (AvgIpc) is 3.28. The Morgan fingerprint density at radius 3 is 2.53 bits per heavy atom. The SMILES string of the molecule is COCCCO[C@H]1CN(c2ccc(OC3CCN(c4cc(OC)ncc4Cl)CC3CC(C)C)cc2)CC1C. The van der Waals surface area contributed by atoms with Crippen LogP contribution in [0.15, 0.2) is 36.5 Å². The summed E-state index contributed by atoms with van der Waals surface area (Å²) in [5, 5.41) is 0.655. The molecule has 1 aromatic carbocycles. The first-order valence-electron chi connectivity index (χ1n) is 13.9. The summed E-state index contributed by atoms with van der Waals surface area (Å²) in [5.74, 6) is 3.00. The summed E-state index contributed by atoms with van der Waals surface area (Å²) < 4.78 is 23.2. The molecule has 2 fully saturated rings. The first-order valence-corrected chi connectivity index (χ1v) is 14.3. The summed E-state index contributed by atoms with van der Waals surface area (Å²) in [4.78, 5) is 9.00. The van der Waals surface area contributed by atoms with Crippen LogP contribution in [0.1, 0.15) is 40.0 Å². The van der Waals surface area contributed by atoms with Gasteiger partial charge in [0.1, 0.15) is 11.9 Å². The number of rotatable bonds is 12. The van der Waals surface area contributed by atoms with Crippen LogP contribution in [0.25, 0.3) is 0 Å². The van der Waals surface area contributed by atoms with Crippen LogP contribution >= 0.6 is 11.6 Å². The van der Waals surface area contributed by atoms with Crippen LogP contribution in [0.3, 0.4) is 0 Å². The highest BCUT2D eigenvalue weighted by molar-refractivity contribution is 6.33. The Labute approximate surface area is 233 Å². The zero-order valence-corrected chi connectivity index (χ0v) is 24.3. The van der Waals surface area contributed by atoms with E-state index in [0.717, 1.165) is 70.1 Å². The van der Waals surface area contributed by atoms with E-state index in [-0.39, 0.29) is 12.2 Å². The third-order valence-corrected chi connectivity index (χ3v) is 7.95.